The molecule has 0 radical (unpaired) electrons. The van der Waals surface area contributed by atoms with Crippen LogP contribution < -0.4 is 4.74 Å². The second kappa shape index (κ2) is 4.44. The van der Waals surface area contributed by atoms with Gasteiger partial charge in [-0.3, -0.25) is 0 Å². The Labute approximate surface area is 96.0 Å². The van der Waals surface area contributed by atoms with Crippen molar-refractivity contribution in [3.63, 3.8) is 0 Å². The van der Waals surface area contributed by atoms with Crippen molar-refractivity contribution in [2.24, 2.45) is 0 Å². The Morgan fingerprint density at radius 1 is 1.44 bits per heavy atom. The molecule has 16 heavy (non-hydrogen) atoms. The molecule has 1 aromatic rings. The van der Waals surface area contributed by atoms with Gasteiger partial charge in [-0.2, -0.15) is 0 Å². The van der Waals surface area contributed by atoms with Crippen LogP contribution in [0.3, 0.4) is 0 Å². The molecule has 1 aliphatic heterocycles. The Kier molecular flexibility index (Phi) is 3.17. The Hall–Kier alpha value is -1.06. The van der Waals surface area contributed by atoms with Crippen LogP contribution in [-0.2, 0) is 10.3 Å². The highest BCUT2D eigenvalue weighted by atomic mass is 16.5. The van der Waals surface area contributed by atoms with E-state index in [2.05, 4.69) is 6.92 Å². The first-order chi connectivity index (χ1) is 7.68. The molecule has 1 heterocycles. The molecule has 0 bridgehead atoms. The number of ether oxygens (including phenoxy) is 2. The highest BCUT2D eigenvalue weighted by molar-refractivity contribution is 5.31. The lowest BCUT2D eigenvalue weighted by atomic mass is 9.93. The molecular weight excluding hydrogens is 204 g/mol. The normalized spacial score (nSPS) is 29.3. The number of aliphatic hydroxyl groups excluding tert-OH is 1. The average Bonchev–Trinajstić information content (AvgIpc) is 2.73. The Balaban J connectivity index is 2.17. The number of hydrogen-bond donors (Lipinski definition) is 1. The van der Waals surface area contributed by atoms with Crippen LogP contribution in [0.25, 0.3) is 0 Å². The first-order valence-electron chi connectivity index (χ1n) is 5.61. The minimum atomic E-state index is -0.264. The number of hydrogen-bond acceptors (Lipinski definition) is 3. The molecule has 1 saturated heterocycles. The van der Waals surface area contributed by atoms with Gasteiger partial charge in [-0.05, 0) is 37.5 Å². The molecule has 3 nitrogen and oxygen atoms in total. The third-order valence-corrected chi connectivity index (χ3v) is 3.27. The summed E-state index contributed by atoms with van der Waals surface area (Å²) >= 11 is 0. The minimum Gasteiger partial charge on any atom is -0.497 e. The number of aliphatic hydroxyl groups is 1. The fourth-order valence-corrected chi connectivity index (χ4v) is 2.21. The fourth-order valence-electron chi connectivity index (χ4n) is 2.21. The molecule has 0 aliphatic carbocycles. The number of benzene rings is 1. The fraction of sp³-hybridized carbons (Fsp3) is 0.538. The molecule has 1 aliphatic rings. The van der Waals surface area contributed by atoms with Gasteiger partial charge >= 0.3 is 0 Å². The highest BCUT2D eigenvalue weighted by Gasteiger charge is 2.37. The first kappa shape index (κ1) is 11.4. The second-order valence-corrected chi connectivity index (χ2v) is 4.42. The van der Waals surface area contributed by atoms with E-state index in [0.717, 1.165) is 24.2 Å². The van der Waals surface area contributed by atoms with Crippen molar-refractivity contribution < 1.29 is 14.6 Å². The average molecular weight is 222 g/mol. The third kappa shape index (κ3) is 2.06. The van der Waals surface area contributed by atoms with E-state index in [1.165, 1.54) is 0 Å². The third-order valence-electron chi connectivity index (χ3n) is 3.27. The van der Waals surface area contributed by atoms with Gasteiger partial charge in [0.25, 0.3) is 0 Å². The van der Waals surface area contributed by atoms with Crippen molar-refractivity contribution in [3.8, 4) is 5.75 Å². The molecule has 0 amide bonds. The van der Waals surface area contributed by atoms with Crippen molar-refractivity contribution >= 4 is 0 Å². The van der Waals surface area contributed by atoms with Gasteiger partial charge in [0.05, 0.1) is 25.4 Å². The van der Waals surface area contributed by atoms with Gasteiger partial charge in [0.2, 0.25) is 0 Å². The molecule has 0 unspecified atom stereocenters. The van der Waals surface area contributed by atoms with Crippen molar-refractivity contribution in [2.75, 3.05) is 13.7 Å². The molecule has 0 aromatic heterocycles. The van der Waals surface area contributed by atoms with Gasteiger partial charge < -0.3 is 14.6 Å². The van der Waals surface area contributed by atoms with Gasteiger partial charge in [-0.1, -0.05) is 12.1 Å². The maximum absolute atomic E-state index is 9.08. The molecule has 88 valence electrons. The summed E-state index contributed by atoms with van der Waals surface area (Å²) in [5.41, 5.74) is 0.879. The quantitative estimate of drug-likeness (QED) is 0.851. The van der Waals surface area contributed by atoms with Crippen LogP contribution >= 0.6 is 0 Å². The highest BCUT2D eigenvalue weighted by Crippen LogP contribution is 2.39. The molecule has 3 heteroatoms. The van der Waals surface area contributed by atoms with Crippen molar-refractivity contribution in [3.05, 3.63) is 29.8 Å². The minimum absolute atomic E-state index is 0.0212. The summed E-state index contributed by atoms with van der Waals surface area (Å²) in [5, 5.41) is 9.08. The Bertz CT molecular complexity index is 347. The summed E-state index contributed by atoms with van der Waals surface area (Å²) in [4.78, 5) is 0. The summed E-state index contributed by atoms with van der Waals surface area (Å²) < 4.78 is 11.0. The first-order valence-corrected chi connectivity index (χ1v) is 5.61. The van der Waals surface area contributed by atoms with Gasteiger partial charge in [-0.25, -0.2) is 0 Å². The monoisotopic (exact) mass is 222 g/mol. The summed E-state index contributed by atoms with van der Waals surface area (Å²) in [5.74, 6) is 0.851. The maximum atomic E-state index is 9.08. The van der Waals surface area contributed by atoms with E-state index in [1.54, 1.807) is 7.11 Å². The zero-order valence-corrected chi connectivity index (χ0v) is 9.77. The van der Waals surface area contributed by atoms with Gasteiger partial charge in [0.15, 0.2) is 0 Å². The summed E-state index contributed by atoms with van der Waals surface area (Å²) in [7, 11) is 1.66. The molecule has 1 N–H and O–H groups in total. The number of rotatable bonds is 3. The SMILES string of the molecule is COc1ccc([C@@]2(C)CC[C@H](CO)O2)cc1. The van der Waals surface area contributed by atoms with Crippen LogP contribution in [0.2, 0.25) is 0 Å². The summed E-state index contributed by atoms with van der Waals surface area (Å²) in [6.07, 6.45) is 1.84. The van der Waals surface area contributed by atoms with Gasteiger partial charge in [0, 0.05) is 0 Å². The Morgan fingerprint density at radius 3 is 2.62 bits per heavy atom. The summed E-state index contributed by atoms with van der Waals surface area (Å²) in [6.45, 7) is 2.18. The molecule has 1 aromatic carbocycles. The molecule has 2 rings (SSSR count). The van der Waals surface area contributed by atoms with Crippen molar-refractivity contribution in [2.45, 2.75) is 31.5 Å². The van der Waals surface area contributed by atoms with E-state index in [1.807, 2.05) is 24.3 Å². The van der Waals surface area contributed by atoms with Crippen LogP contribution in [0.5, 0.6) is 5.75 Å². The van der Waals surface area contributed by atoms with Gasteiger partial charge in [-0.15, -0.1) is 0 Å². The Morgan fingerprint density at radius 2 is 2.12 bits per heavy atom. The van der Waals surface area contributed by atoms with E-state index >= 15 is 0 Å². The predicted octanol–water partition coefficient (Wildman–Crippen LogP) is 2.08. The van der Waals surface area contributed by atoms with Crippen LogP contribution in [0.1, 0.15) is 25.3 Å². The molecular formula is C13H18O3. The van der Waals surface area contributed by atoms with Crippen LogP contribution in [0.15, 0.2) is 24.3 Å². The lowest BCUT2D eigenvalue weighted by Crippen LogP contribution is -2.23. The van der Waals surface area contributed by atoms with E-state index in [0.29, 0.717) is 0 Å². The van der Waals surface area contributed by atoms with E-state index in [-0.39, 0.29) is 18.3 Å². The molecule has 0 saturated carbocycles. The molecule has 2 atom stereocenters. The lowest BCUT2D eigenvalue weighted by molar-refractivity contribution is -0.0519. The van der Waals surface area contributed by atoms with Crippen LogP contribution in [0.4, 0.5) is 0 Å². The van der Waals surface area contributed by atoms with E-state index < -0.39 is 0 Å². The molecule has 0 spiro atoms. The predicted molar refractivity (Wildman–Crippen MR) is 61.5 cm³/mol. The number of methoxy groups -OCH3 is 1. The maximum Gasteiger partial charge on any atom is 0.118 e. The van der Waals surface area contributed by atoms with Crippen molar-refractivity contribution in [1.82, 2.24) is 0 Å². The largest absolute Gasteiger partial charge is 0.497 e. The van der Waals surface area contributed by atoms with Crippen LogP contribution in [-0.4, -0.2) is 24.9 Å². The lowest BCUT2D eigenvalue weighted by Gasteiger charge is -2.25. The van der Waals surface area contributed by atoms with E-state index in [9.17, 15) is 0 Å². The van der Waals surface area contributed by atoms with Gasteiger partial charge in [0.1, 0.15) is 5.75 Å². The molecule has 1 fully saturated rings. The smallest absolute Gasteiger partial charge is 0.118 e. The zero-order valence-electron chi connectivity index (χ0n) is 9.77. The van der Waals surface area contributed by atoms with E-state index in [4.69, 9.17) is 14.6 Å². The topological polar surface area (TPSA) is 38.7 Å². The van der Waals surface area contributed by atoms with Crippen molar-refractivity contribution in [1.29, 1.82) is 0 Å². The standard InChI is InChI=1S/C13H18O3/c1-13(8-7-12(9-14)16-13)10-3-5-11(15-2)6-4-10/h3-6,12,14H,7-9H2,1-2H3/t12-,13-/m1/s1. The second-order valence-electron chi connectivity index (χ2n) is 4.42. The zero-order chi connectivity index (χ0) is 11.6. The van der Waals surface area contributed by atoms with Crippen LogP contribution in [0, 0.1) is 0 Å². The summed E-state index contributed by atoms with van der Waals surface area (Å²) in [6, 6.07) is 7.93.